The van der Waals surface area contributed by atoms with Crippen LogP contribution in [-0.2, 0) is 4.79 Å². The van der Waals surface area contributed by atoms with Gasteiger partial charge in [-0.2, -0.15) is 0 Å². The number of aliphatic carboxylic acids is 1. The molecule has 0 radical (unpaired) electrons. The molecule has 1 N–H and O–H groups in total. The van der Waals surface area contributed by atoms with Crippen LogP contribution in [0.3, 0.4) is 0 Å². The summed E-state index contributed by atoms with van der Waals surface area (Å²) in [7, 11) is 0. The topological polar surface area (TPSA) is 37.3 Å². The average molecular weight is 383 g/mol. The Bertz CT molecular complexity index is 637. The quantitative estimate of drug-likeness (QED) is 0.251. The van der Waals surface area contributed by atoms with E-state index in [1.165, 1.54) is 64.2 Å². The van der Waals surface area contributed by atoms with E-state index in [-0.39, 0.29) is 11.8 Å². The third-order valence-electron chi connectivity index (χ3n) is 6.61. The van der Waals surface area contributed by atoms with Crippen molar-refractivity contribution in [2.24, 2.45) is 16.2 Å². The molecule has 0 unspecified atom stereocenters. The Labute approximate surface area is 171 Å². The van der Waals surface area contributed by atoms with Crippen molar-refractivity contribution in [2.75, 3.05) is 0 Å². The van der Waals surface area contributed by atoms with Crippen molar-refractivity contribution < 1.29 is 9.90 Å². The lowest BCUT2D eigenvalue weighted by Crippen LogP contribution is -1.97. The number of carboxylic acid groups (broad SMARTS) is 1. The number of carbonyl (C=O) groups is 1. The molecule has 3 saturated carbocycles. The van der Waals surface area contributed by atoms with E-state index in [9.17, 15) is 4.79 Å². The molecule has 0 amide bonds. The lowest BCUT2D eigenvalue weighted by Gasteiger charge is -2.09. The van der Waals surface area contributed by atoms with E-state index in [2.05, 4.69) is 55.5 Å². The minimum atomic E-state index is -0.693. The number of rotatable bonds is 14. The van der Waals surface area contributed by atoms with Crippen molar-refractivity contribution in [3.05, 3.63) is 48.6 Å². The summed E-state index contributed by atoms with van der Waals surface area (Å²) < 4.78 is 0. The molecule has 3 fully saturated rings. The molecular formula is C26H38O2. The van der Waals surface area contributed by atoms with Gasteiger partial charge in [0.05, 0.1) is 0 Å². The largest absolute Gasteiger partial charge is 0.481 e. The zero-order chi connectivity index (χ0) is 19.9. The zero-order valence-electron chi connectivity index (χ0n) is 17.7. The molecule has 0 aromatic heterocycles. The highest BCUT2D eigenvalue weighted by atomic mass is 16.4. The maximum atomic E-state index is 10.6. The minimum absolute atomic E-state index is 0.267. The Morgan fingerprint density at radius 2 is 1.14 bits per heavy atom. The van der Waals surface area contributed by atoms with Crippen LogP contribution in [0.4, 0.5) is 0 Å². The summed E-state index contributed by atoms with van der Waals surface area (Å²) in [5.74, 6) is -0.693. The van der Waals surface area contributed by atoms with Crippen LogP contribution in [0.5, 0.6) is 0 Å². The molecule has 2 nitrogen and oxygen atoms in total. The lowest BCUT2D eigenvalue weighted by molar-refractivity contribution is -0.137. The zero-order valence-corrected chi connectivity index (χ0v) is 17.7. The fraction of sp³-hybridized carbons (Fsp3) is 0.654. The van der Waals surface area contributed by atoms with Gasteiger partial charge in [0, 0.05) is 22.7 Å². The van der Waals surface area contributed by atoms with Crippen molar-refractivity contribution in [1.82, 2.24) is 0 Å². The molecule has 0 aromatic carbocycles. The molecule has 154 valence electrons. The molecule has 0 aliphatic heterocycles. The van der Waals surface area contributed by atoms with Crippen molar-refractivity contribution >= 4 is 5.97 Å². The van der Waals surface area contributed by atoms with Crippen molar-refractivity contribution in [3.8, 4) is 0 Å². The summed E-state index contributed by atoms with van der Waals surface area (Å²) in [6, 6.07) is 0. The predicted octanol–water partition coefficient (Wildman–Crippen LogP) is 7.39. The fourth-order valence-corrected chi connectivity index (χ4v) is 3.78. The molecule has 0 aromatic rings. The molecule has 3 aliphatic carbocycles. The Kier molecular flexibility index (Phi) is 7.01. The van der Waals surface area contributed by atoms with Crippen LogP contribution in [0.25, 0.3) is 0 Å². The number of hydrogen-bond donors (Lipinski definition) is 1. The van der Waals surface area contributed by atoms with Crippen LogP contribution in [0.1, 0.15) is 90.4 Å². The highest BCUT2D eigenvalue weighted by Gasteiger charge is 2.43. The number of carboxylic acids is 1. The van der Waals surface area contributed by atoms with E-state index in [0.717, 1.165) is 12.8 Å². The third-order valence-corrected chi connectivity index (χ3v) is 6.61. The summed E-state index contributed by atoms with van der Waals surface area (Å²) in [6.45, 7) is 2.26. The molecule has 3 rings (SSSR count). The summed E-state index contributed by atoms with van der Waals surface area (Å²) in [4.78, 5) is 10.6. The highest BCUT2D eigenvalue weighted by Crippen LogP contribution is 2.56. The SMILES string of the molecule is CCCCC/C=C\C1(/C=C\C2(/C=C\C3(/C=C\CCCC(=O)O)CC3)CC2)CC1. The summed E-state index contributed by atoms with van der Waals surface area (Å²) in [5, 5.41) is 8.71. The Hall–Kier alpha value is -1.57. The van der Waals surface area contributed by atoms with E-state index in [1.807, 2.05) is 0 Å². The van der Waals surface area contributed by atoms with Gasteiger partial charge in [-0.3, -0.25) is 4.79 Å². The van der Waals surface area contributed by atoms with Gasteiger partial charge in [-0.15, -0.1) is 0 Å². The number of hydrogen-bond acceptors (Lipinski definition) is 1. The van der Waals surface area contributed by atoms with E-state index >= 15 is 0 Å². The van der Waals surface area contributed by atoms with Crippen molar-refractivity contribution in [2.45, 2.75) is 90.4 Å². The highest BCUT2D eigenvalue weighted by molar-refractivity contribution is 5.66. The molecular weight excluding hydrogens is 344 g/mol. The van der Waals surface area contributed by atoms with Crippen LogP contribution < -0.4 is 0 Å². The average Bonchev–Trinajstić information content (AvgIpc) is 3.55. The summed E-state index contributed by atoms with van der Waals surface area (Å²) >= 11 is 0. The first-order valence-corrected chi connectivity index (χ1v) is 11.5. The lowest BCUT2D eigenvalue weighted by atomic mass is 9.96. The smallest absolute Gasteiger partial charge is 0.303 e. The number of unbranched alkanes of at least 4 members (excludes halogenated alkanes) is 4. The molecule has 3 aliphatic rings. The van der Waals surface area contributed by atoms with Gasteiger partial charge in [0.25, 0.3) is 0 Å². The first-order valence-electron chi connectivity index (χ1n) is 11.5. The van der Waals surface area contributed by atoms with Gasteiger partial charge in [-0.1, -0.05) is 68.4 Å². The first kappa shape index (κ1) is 21.1. The van der Waals surface area contributed by atoms with Crippen LogP contribution in [0.15, 0.2) is 48.6 Å². The Morgan fingerprint density at radius 3 is 1.54 bits per heavy atom. The van der Waals surface area contributed by atoms with E-state index < -0.39 is 5.97 Å². The Balaban J connectivity index is 1.46. The second-order valence-corrected chi connectivity index (χ2v) is 9.45. The molecule has 2 heteroatoms. The van der Waals surface area contributed by atoms with Gasteiger partial charge >= 0.3 is 5.97 Å². The molecule has 0 saturated heterocycles. The van der Waals surface area contributed by atoms with E-state index in [4.69, 9.17) is 5.11 Å². The van der Waals surface area contributed by atoms with Crippen molar-refractivity contribution in [3.63, 3.8) is 0 Å². The molecule has 0 spiro atoms. The normalized spacial score (nSPS) is 23.9. The fourth-order valence-electron chi connectivity index (χ4n) is 3.78. The van der Waals surface area contributed by atoms with E-state index in [1.54, 1.807) is 0 Å². The minimum Gasteiger partial charge on any atom is -0.481 e. The van der Waals surface area contributed by atoms with Crippen LogP contribution >= 0.6 is 0 Å². The van der Waals surface area contributed by atoms with Gasteiger partial charge in [0.15, 0.2) is 0 Å². The standard InChI is InChI=1S/C26H38O2/c1-2-3-4-5-8-11-24(13-14-24)17-19-26(21-22-26)20-18-25(15-16-25)12-9-6-7-10-23(27)28/h8-9,11-12,17-20H,2-7,10,13-16,21-22H2,1H3,(H,27,28)/b11-8-,12-9-,19-17-,20-18-. The van der Waals surface area contributed by atoms with Gasteiger partial charge in [-0.25, -0.2) is 0 Å². The Morgan fingerprint density at radius 1 is 0.714 bits per heavy atom. The van der Waals surface area contributed by atoms with Crippen LogP contribution in [-0.4, -0.2) is 11.1 Å². The second kappa shape index (κ2) is 9.29. The summed E-state index contributed by atoms with van der Waals surface area (Å²) in [5.41, 5.74) is 0.957. The molecule has 0 bridgehead atoms. The predicted molar refractivity (Wildman–Crippen MR) is 117 cm³/mol. The maximum Gasteiger partial charge on any atom is 0.303 e. The third kappa shape index (κ3) is 6.79. The molecule has 28 heavy (non-hydrogen) atoms. The van der Waals surface area contributed by atoms with Crippen LogP contribution in [0, 0.1) is 16.2 Å². The van der Waals surface area contributed by atoms with Crippen molar-refractivity contribution in [1.29, 1.82) is 0 Å². The molecule has 0 heterocycles. The second-order valence-electron chi connectivity index (χ2n) is 9.45. The summed E-state index contributed by atoms with van der Waals surface area (Å²) in [6.07, 6.45) is 34.1. The molecule has 0 atom stereocenters. The van der Waals surface area contributed by atoms with Gasteiger partial charge in [0.2, 0.25) is 0 Å². The van der Waals surface area contributed by atoms with Gasteiger partial charge < -0.3 is 5.11 Å². The maximum absolute atomic E-state index is 10.6. The monoisotopic (exact) mass is 382 g/mol. The van der Waals surface area contributed by atoms with Gasteiger partial charge in [0.1, 0.15) is 0 Å². The van der Waals surface area contributed by atoms with Gasteiger partial charge in [-0.05, 0) is 64.2 Å². The first-order chi connectivity index (χ1) is 13.5. The van der Waals surface area contributed by atoms with E-state index in [0.29, 0.717) is 10.8 Å². The number of allylic oxidation sites excluding steroid dienone is 8. The van der Waals surface area contributed by atoms with Crippen LogP contribution in [0.2, 0.25) is 0 Å².